The van der Waals surface area contributed by atoms with Gasteiger partial charge in [0.2, 0.25) is 0 Å². The average Bonchev–Trinajstić information content (AvgIpc) is 2.34. The van der Waals surface area contributed by atoms with Crippen LogP contribution < -0.4 is 5.73 Å². The van der Waals surface area contributed by atoms with E-state index in [0.29, 0.717) is 12.0 Å². The van der Waals surface area contributed by atoms with Crippen LogP contribution in [0.4, 0.5) is 0 Å². The van der Waals surface area contributed by atoms with Gasteiger partial charge in [-0.2, -0.15) is 0 Å². The van der Waals surface area contributed by atoms with Crippen molar-refractivity contribution in [1.82, 2.24) is 4.90 Å². The number of benzene rings is 1. The molecule has 106 valence electrons. The van der Waals surface area contributed by atoms with Gasteiger partial charge in [-0.1, -0.05) is 47.4 Å². The standard InChI is InChI=1S/C15H22BrClN2/c1-15(2)5-7-19(8-6-15)14(10-18)12-4-3-11(17)9-13(12)16/h3-4,9,14H,5-8,10,18H2,1-2H3. The SMILES string of the molecule is CC1(C)CCN(C(CN)c2ccc(Cl)cc2Br)CC1. The predicted octanol–water partition coefficient (Wildman–Crippen LogP) is 4.22. The van der Waals surface area contributed by atoms with Crippen molar-refractivity contribution in [2.24, 2.45) is 11.1 Å². The van der Waals surface area contributed by atoms with E-state index in [1.165, 1.54) is 18.4 Å². The zero-order valence-electron chi connectivity index (χ0n) is 11.6. The fourth-order valence-electron chi connectivity index (χ4n) is 2.69. The third kappa shape index (κ3) is 3.72. The summed E-state index contributed by atoms with van der Waals surface area (Å²) in [6.07, 6.45) is 2.46. The molecule has 1 fully saturated rings. The second kappa shape index (κ2) is 6.13. The lowest BCUT2D eigenvalue weighted by atomic mass is 9.82. The third-order valence-corrected chi connectivity index (χ3v) is 5.06. The molecular formula is C15H22BrClN2. The monoisotopic (exact) mass is 344 g/mol. The molecule has 1 aromatic carbocycles. The van der Waals surface area contributed by atoms with Crippen LogP contribution in [0.3, 0.4) is 0 Å². The minimum atomic E-state index is 0.280. The number of nitrogens with two attached hydrogens (primary N) is 1. The second-order valence-corrected chi connectivity index (χ2v) is 7.41. The average molecular weight is 346 g/mol. The molecular weight excluding hydrogens is 324 g/mol. The minimum absolute atomic E-state index is 0.280. The Labute approximate surface area is 129 Å². The molecule has 1 aliphatic heterocycles. The van der Waals surface area contributed by atoms with Crippen LogP contribution in [0.2, 0.25) is 5.02 Å². The molecule has 0 saturated carbocycles. The zero-order chi connectivity index (χ0) is 14.0. The van der Waals surface area contributed by atoms with Gasteiger partial charge in [0.1, 0.15) is 0 Å². The van der Waals surface area contributed by atoms with Gasteiger partial charge in [-0.05, 0) is 49.0 Å². The molecule has 19 heavy (non-hydrogen) atoms. The first-order valence-electron chi connectivity index (χ1n) is 6.82. The second-order valence-electron chi connectivity index (χ2n) is 6.12. The molecule has 1 aromatic rings. The van der Waals surface area contributed by atoms with Gasteiger partial charge >= 0.3 is 0 Å². The van der Waals surface area contributed by atoms with E-state index in [1.807, 2.05) is 12.1 Å². The lowest BCUT2D eigenvalue weighted by molar-refractivity contribution is 0.0961. The van der Waals surface area contributed by atoms with Crippen LogP contribution in [0, 0.1) is 5.41 Å². The number of piperidine rings is 1. The molecule has 0 spiro atoms. The molecule has 0 aromatic heterocycles. The summed E-state index contributed by atoms with van der Waals surface area (Å²) in [4.78, 5) is 2.50. The Bertz CT molecular complexity index is 438. The quantitative estimate of drug-likeness (QED) is 0.888. The summed E-state index contributed by atoms with van der Waals surface area (Å²) in [5.74, 6) is 0. The number of hydrogen-bond acceptors (Lipinski definition) is 2. The van der Waals surface area contributed by atoms with Gasteiger partial charge in [-0.15, -0.1) is 0 Å². The van der Waals surface area contributed by atoms with Crippen molar-refractivity contribution in [3.8, 4) is 0 Å². The largest absolute Gasteiger partial charge is 0.329 e. The summed E-state index contributed by atoms with van der Waals surface area (Å²) in [5.41, 5.74) is 7.72. The summed E-state index contributed by atoms with van der Waals surface area (Å²) < 4.78 is 1.06. The van der Waals surface area contributed by atoms with Crippen LogP contribution in [-0.2, 0) is 0 Å². The van der Waals surface area contributed by atoms with E-state index >= 15 is 0 Å². The first-order chi connectivity index (χ1) is 8.93. The van der Waals surface area contributed by atoms with E-state index in [-0.39, 0.29) is 6.04 Å². The maximum atomic E-state index is 6.01. The third-order valence-electron chi connectivity index (χ3n) is 4.14. The van der Waals surface area contributed by atoms with Crippen LogP contribution in [0.25, 0.3) is 0 Å². The smallest absolute Gasteiger partial charge is 0.0481 e. The molecule has 2 nitrogen and oxygen atoms in total. The van der Waals surface area contributed by atoms with E-state index < -0.39 is 0 Å². The molecule has 0 amide bonds. The molecule has 0 bridgehead atoms. The first-order valence-corrected chi connectivity index (χ1v) is 7.99. The van der Waals surface area contributed by atoms with Gasteiger partial charge in [0.25, 0.3) is 0 Å². The summed E-state index contributed by atoms with van der Waals surface area (Å²) >= 11 is 9.62. The molecule has 2 N–H and O–H groups in total. The van der Waals surface area contributed by atoms with Crippen LogP contribution >= 0.6 is 27.5 Å². The zero-order valence-corrected chi connectivity index (χ0v) is 14.0. The molecule has 1 aliphatic rings. The molecule has 0 radical (unpaired) electrons. The summed E-state index contributed by atoms with van der Waals surface area (Å²) in [7, 11) is 0. The molecule has 4 heteroatoms. The molecule has 1 atom stereocenters. The Kier molecular flexibility index (Phi) is 4.93. The normalized spacial score (nSPS) is 21.3. The Morgan fingerprint density at radius 3 is 2.53 bits per heavy atom. The van der Waals surface area contributed by atoms with E-state index in [4.69, 9.17) is 17.3 Å². The highest BCUT2D eigenvalue weighted by molar-refractivity contribution is 9.10. The van der Waals surface area contributed by atoms with Crippen molar-refractivity contribution in [3.63, 3.8) is 0 Å². The summed E-state index contributed by atoms with van der Waals surface area (Å²) in [6.45, 7) is 7.56. The summed E-state index contributed by atoms with van der Waals surface area (Å²) in [6, 6.07) is 6.26. The summed E-state index contributed by atoms with van der Waals surface area (Å²) in [5, 5.41) is 0.756. The van der Waals surface area contributed by atoms with Gasteiger partial charge in [0.05, 0.1) is 0 Å². The van der Waals surface area contributed by atoms with Crippen molar-refractivity contribution < 1.29 is 0 Å². The highest BCUT2D eigenvalue weighted by atomic mass is 79.9. The Balaban J connectivity index is 2.16. The molecule has 1 unspecified atom stereocenters. The van der Waals surface area contributed by atoms with E-state index in [1.54, 1.807) is 0 Å². The topological polar surface area (TPSA) is 29.3 Å². The highest BCUT2D eigenvalue weighted by Crippen LogP contribution is 2.36. The highest BCUT2D eigenvalue weighted by Gasteiger charge is 2.30. The Morgan fingerprint density at radius 1 is 1.37 bits per heavy atom. The van der Waals surface area contributed by atoms with Crippen LogP contribution in [0.1, 0.15) is 38.3 Å². The van der Waals surface area contributed by atoms with Crippen LogP contribution in [-0.4, -0.2) is 24.5 Å². The van der Waals surface area contributed by atoms with E-state index in [2.05, 4.69) is 40.7 Å². The van der Waals surface area contributed by atoms with Crippen molar-refractivity contribution in [1.29, 1.82) is 0 Å². The fraction of sp³-hybridized carbons (Fsp3) is 0.600. The Hall–Kier alpha value is -0.0900. The maximum absolute atomic E-state index is 6.01. The van der Waals surface area contributed by atoms with Gasteiger partial charge < -0.3 is 5.73 Å². The van der Waals surface area contributed by atoms with Crippen molar-refractivity contribution >= 4 is 27.5 Å². The van der Waals surface area contributed by atoms with Crippen LogP contribution in [0.15, 0.2) is 22.7 Å². The number of nitrogens with zero attached hydrogens (tertiary/aromatic N) is 1. The number of rotatable bonds is 3. The van der Waals surface area contributed by atoms with Gasteiger partial charge in [-0.3, -0.25) is 4.90 Å². The molecule has 0 aliphatic carbocycles. The van der Waals surface area contributed by atoms with Gasteiger partial charge in [0, 0.05) is 22.1 Å². The number of likely N-dealkylation sites (tertiary alicyclic amines) is 1. The van der Waals surface area contributed by atoms with Crippen LogP contribution in [0.5, 0.6) is 0 Å². The lowest BCUT2D eigenvalue weighted by Crippen LogP contribution is -2.42. The van der Waals surface area contributed by atoms with Gasteiger partial charge in [0.15, 0.2) is 0 Å². The van der Waals surface area contributed by atoms with Crippen molar-refractivity contribution in [3.05, 3.63) is 33.3 Å². The molecule has 2 rings (SSSR count). The Morgan fingerprint density at radius 2 is 2.00 bits per heavy atom. The van der Waals surface area contributed by atoms with Crippen molar-refractivity contribution in [2.45, 2.75) is 32.7 Å². The minimum Gasteiger partial charge on any atom is -0.329 e. The van der Waals surface area contributed by atoms with Crippen molar-refractivity contribution in [2.75, 3.05) is 19.6 Å². The molecule has 1 saturated heterocycles. The maximum Gasteiger partial charge on any atom is 0.0481 e. The van der Waals surface area contributed by atoms with E-state index in [9.17, 15) is 0 Å². The number of halogens is 2. The van der Waals surface area contributed by atoms with E-state index in [0.717, 1.165) is 22.6 Å². The lowest BCUT2D eigenvalue weighted by Gasteiger charge is -2.41. The molecule has 1 heterocycles. The number of hydrogen-bond donors (Lipinski definition) is 1. The fourth-order valence-corrected chi connectivity index (χ4v) is 3.63. The first kappa shape index (κ1) is 15.3. The predicted molar refractivity (Wildman–Crippen MR) is 85.5 cm³/mol. The van der Waals surface area contributed by atoms with Gasteiger partial charge in [-0.25, -0.2) is 0 Å².